The van der Waals surface area contributed by atoms with Crippen molar-refractivity contribution in [1.29, 1.82) is 0 Å². The molecule has 0 spiro atoms. The SMILES string of the molecule is COCCCNC(=O)c1cccc(NC(=O)CNc2cccc(C)c2)c1. The van der Waals surface area contributed by atoms with E-state index in [1.807, 2.05) is 31.2 Å². The fourth-order valence-corrected chi connectivity index (χ4v) is 2.40. The van der Waals surface area contributed by atoms with Gasteiger partial charge in [0.15, 0.2) is 0 Å². The zero-order valence-corrected chi connectivity index (χ0v) is 15.2. The molecule has 138 valence electrons. The third-order valence-electron chi connectivity index (χ3n) is 3.69. The number of hydrogen-bond acceptors (Lipinski definition) is 4. The Morgan fingerprint density at radius 1 is 1.04 bits per heavy atom. The van der Waals surface area contributed by atoms with Crippen LogP contribution >= 0.6 is 0 Å². The van der Waals surface area contributed by atoms with Crippen LogP contribution in [0.15, 0.2) is 48.5 Å². The van der Waals surface area contributed by atoms with E-state index in [2.05, 4.69) is 16.0 Å². The molecule has 0 unspecified atom stereocenters. The number of carbonyl (C=O) groups excluding carboxylic acids is 2. The van der Waals surface area contributed by atoms with Gasteiger partial charge in [-0.1, -0.05) is 18.2 Å². The van der Waals surface area contributed by atoms with Crippen molar-refractivity contribution >= 4 is 23.2 Å². The Hall–Kier alpha value is -2.86. The first-order valence-electron chi connectivity index (χ1n) is 8.56. The largest absolute Gasteiger partial charge is 0.385 e. The van der Waals surface area contributed by atoms with Crippen molar-refractivity contribution in [2.45, 2.75) is 13.3 Å². The fourth-order valence-electron chi connectivity index (χ4n) is 2.40. The van der Waals surface area contributed by atoms with Gasteiger partial charge in [0.2, 0.25) is 5.91 Å². The Morgan fingerprint density at radius 3 is 2.58 bits per heavy atom. The molecule has 2 aromatic rings. The topological polar surface area (TPSA) is 79.5 Å². The Bertz CT molecular complexity index is 747. The molecule has 0 fully saturated rings. The van der Waals surface area contributed by atoms with Crippen molar-refractivity contribution in [2.24, 2.45) is 0 Å². The number of rotatable bonds is 9. The first-order valence-corrected chi connectivity index (χ1v) is 8.56. The van der Waals surface area contributed by atoms with E-state index in [9.17, 15) is 9.59 Å². The van der Waals surface area contributed by atoms with Crippen molar-refractivity contribution in [1.82, 2.24) is 5.32 Å². The molecule has 6 heteroatoms. The minimum absolute atomic E-state index is 0.150. The highest BCUT2D eigenvalue weighted by Crippen LogP contribution is 2.12. The van der Waals surface area contributed by atoms with E-state index in [-0.39, 0.29) is 18.4 Å². The van der Waals surface area contributed by atoms with E-state index in [0.29, 0.717) is 24.4 Å². The van der Waals surface area contributed by atoms with E-state index < -0.39 is 0 Å². The first-order chi connectivity index (χ1) is 12.6. The molecule has 2 rings (SSSR count). The molecule has 2 aromatic carbocycles. The lowest BCUT2D eigenvalue weighted by Gasteiger charge is -2.10. The Morgan fingerprint density at radius 2 is 1.81 bits per heavy atom. The third kappa shape index (κ3) is 6.57. The third-order valence-corrected chi connectivity index (χ3v) is 3.69. The molecule has 0 heterocycles. The number of anilines is 2. The summed E-state index contributed by atoms with van der Waals surface area (Å²) in [7, 11) is 1.63. The summed E-state index contributed by atoms with van der Waals surface area (Å²) in [5.41, 5.74) is 3.11. The maximum atomic E-state index is 12.1. The van der Waals surface area contributed by atoms with E-state index in [1.165, 1.54) is 0 Å². The number of benzene rings is 2. The lowest BCUT2D eigenvalue weighted by molar-refractivity contribution is -0.114. The number of hydrogen-bond donors (Lipinski definition) is 3. The maximum absolute atomic E-state index is 12.1. The molecule has 0 saturated heterocycles. The molecule has 0 radical (unpaired) electrons. The van der Waals surface area contributed by atoms with Gasteiger partial charge in [0.25, 0.3) is 5.91 Å². The highest BCUT2D eigenvalue weighted by atomic mass is 16.5. The van der Waals surface area contributed by atoms with Gasteiger partial charge in [-0.3, -0.25) is 9.59 Å². The van der Waals surface area contributed by atoms with Crippen LogP contribution in [-0.2, 0) is 9.53 Å². The van der Waals surface area contributed by atoms with Crippen molar-refractivity contribution in [3.8, 4) is 0 Å². The van der Waals surface area contributed by atoms with Gasteiger partial charge < -0.3 is 20.7 Å². The van der Waals surface area contributed by atoms with Crippen LogP contribution in [-0.4, -0.2) is 38.6 Å². The van der Waals surface area contributed by atoms with Crippen LogP contribution in [0, 0.1) is 6.92 Å². The second-order valence-corrected chi connectivity index (χ2v) is 5.95. The monoisotopic (exact) mass is 355 g/mol. The van der Waals surface area contributed by atoms with Crippen LogP contribution in [0.4, 0.5) is 11.4 Å². The van der Waals surface area contributed by atoms with Crippen LogP contribution in [0.25, 0.3) is 0 Å². The average Bonchev–Trinajstić information content (AvgIpc) is 2.64. The summed E-state index contributed by atoms with van der Waals surface area (Å²) in [4.78, 5) is 24.2. The molecule has 26 heavy (non-hydrogen) atoms. The summed E-state index contributed by atoms with van der Waals surface area (Å²) in [6.07, 6.45) is 0.753. The van der Waals surface area contributed by atoms with Crippen molar-refractivity contribution in [2.75, 3.05) is 37.4 Å². The van der Waals surface area contributed by atoms with Gasteiger partial charge in [-0.15, -0.1) is 0 Å². The van der Waals surface area contributed by atoms with Crippen LogP contribution in [0.1, 0.15) is 22.3 Å². The minimum atomic E-state index is -0.177. The second kappa shape index (κ2) is 10.2. The van der Waals surface area contributed by atoms with Crippen LogP contribution in [0.3, 0.4) is 0 Å². The maximum Gasteiger partial charge on any atom is 0.251 e. The molecule has 0 aliphatic carbocycles. The van der Waals surface area contributed by atoms with Gasteiger partial charge in [-0.2, -0.15) is 0 Å². The molecular weight excluding hydrogens is 330 g/mol. The van der Waals surface area contributed by atoms with E-state index in [1.54, 1.807) is 31.4 Å². The van der Waals surface area contributed by atoms with E-state index >= 15 is 0 Å². The molecule has 3 N–H and O–H groups in total. The summed E-state index contributed by atoms with van der Waals surface area (Å²) in [5.74, 6) is -0.348. The van der Waals surface area contributed by atoms with Gasteiger partial charge in [0, 0.05) is 37.2 Å². The molecule has 0 atom stereocenters. The second-order valence-electron chi connectivity index (χ2n) is 5.95. The summed E-state index contributed by atoms with van der Waals surface area (Å²) in [6.45, 7) is 3.29. The average molecular weight is 355 g/mol. The highest BCUT2D eigenvalue weighted by Gasteiger charge is 2.07. The number of amides is 2. The van der Waals surface area contributed by atoms with E-state index in [4.69, 9.17) is 4.74 Å². The number of nitrogens with one attached hydrogen (secondary N) is 3. The molecule has 0 aromatic heterocycles. The molecule has 0 bridgehead atoms. The molecule has 2 amide bonds. The smallest absolute Gasteiger partial charge is 0.251 e. The zero-order valence-electron chi connectivity index (χ0n) is 15.2. The van der Waals surface area contributed by atoms with Crippen molar-refractivity contribution in [3.63, 3.8) is 0 Å². The first kappa shape index (κ1) is 19.5. The molecule has 6 nitrogen and oxygen atoms in total. The van der Waals surface area contributed by atoms with Crippen LogP contribution < -0.4 is 16.0 Å². The van der Waals surface area contributed by atoms with Gasteiger partial charge in [0.1, 0.15) is 0 Å². The van der Waals surface area contributed by atoms with Crippen LogP contribution in [0.2, 0.25) is 0 Å². The number of methoxy groups -OCH3 is 1. The summed E-state index contributed by atoms with van der Waals surface area (Å²) in [5, 5.41) is 8.70. The standard InChI is InChI=1S/C20H25N3O3/c1-15-6-3-8-17(12-15)22-14-19(24)23-18-9-4-7-16(13-18)20(25)21-10-5-11-26-2/h3-4,6-9,12-13,22H,5,10-11,14H2,1-2H3,(H,21,25)(H,23,24). The molecule has 0 aliphatic rings. The quantitative estimate of drug-likeness (QED) is 0.604. The number of ether oxygens (including phenoxy) is 1. The molecule has 0 aliphatic heterocycles. The zero-order chi connectivity index (χ0) is 18.8. The van der Waals surface area contributed by atoms with Crippen LogP contribution in [0.5, 0.6) is 0 Å². The van der Waals surface area contributed by atoms with Gasteiger partial charge >= 0.3 is 0 Å². The number of aryl methyl sites for hydroxylation is 1. The Kier molecular flexibility index (Phi) is 7.64. The van der Waals surface area contributed by atoms with Gasteiger partial charge in [-0.05, 0) is 49.2 Å². The lowest BCUT2D eigenvalue weighted by atomic mass is 10.2. The minimum Gasteiger partial charge on any atom is -0.385 e. The molecule has 0 saturated carbocycles. The summed E-state index contributed by atoms with van der Waals surface area (Å²) < 4.78 is 4.95. The number of carbonyl (C=O) groups is 2. The normalized spacial score (nSPS) is 10.2. The fraction of sp³-hybridized carbons (Fsp3) is 0.300. The predicted octanol–water partition coefficient (Wildman–Crippen LogP) is 2.81. The lowest BCUT2D eigenvalue weighted by Crippen LogP contribution is -2.25. The van der Waals surface area contributed by atoms with Gasteiger partial charge in [-0.25, -0.2) is 0 Å². The van der Waals surface area contributed by atoms with Crippen molar-refractivity contribution in [3.05, 3.63) is 59.7 Å². The van der Waals surface area contributed by atoms with Crippen molar-refractivity contribution < 1.29 is 14.3 Å². The Labute approximate surface area is 153 Å². The Balaban J connectivity index is 1.85. The summed E-state index contributed by atoms with van der Waals surface area (Å²) in [6, 6.07) is 14.7. The highest BCUT2D eigenvalue weighted by molar-refractivity contribution is 5.98. The van der Waals surface area contributed by atoms with Gasteiger partial charge in [0.05, 0.1) is 6.54 Å². The van der Waals surface area contributed by atoms with E-state index in [0.717, 1.165) is 17.7 Å². The molecular formula is C20H25N3O3. The summed E-state index contributed by atoms with van der Waals surface area (Å²) >= 11 is 0. The predicted molar refractivity (Wildman–Crippen MR) is 104 cm³/mol.